The molecule has 1 unspecified atom stereocenters. The van der Waals surface area contributed by atoms with Gasteiger partial charge >= 0.3 is 16.3 Å². The lowest BCUT2D eigenvalue weighted by molar-refractivity contribution is -0.117. The van der Waals surface area contributed by atoms with Crippen LogP contribution in [-0.4, -0.2) is 74.6 Å². The second kappa shape index (κ2) is 15.0. The van der Waals surface area contributed by atoms with E-state index in [9.17, 15) is 18.0 Å². The molecule has 0 aliphatic carbocycles. The Hall–Kier alpha value is -5.04. The number of hydrogen-bond acceptors (Lipinski definition) is 7. The first-order chi connectivity index (χ1) is 25.7. The van der Waals surface area contributed by atoms with Crippen molar-refractivity contribution >= 4 is 56.8 Å². The maximum Gasteiger partial charge on any atom is 0.409 e. The molecule has 2 amide bonds. The highest BCUT2D eigenvalue weighted by Crippen LogP contribution is 2.36. The second-order valence-electron chi connectivity index (χ2n) is 14.6. The Bertz CT molecular complexity index is 2270. The first-order valence-corrected chi connectivity index (χ1v) is 19.7. The van der Waals surface area contributed by atoms with E-state index in [0.29, 0.717) is 41.3 Å². The van der Waals surface area contributed by atoms with Gasteiger partial charge in [-0.25, -0.2) is 18.8 Å². The zero-order valence-electron chi connectivity index (χ0n) is 30.1. The van der Waals surface area contributed by atoms with Crippen LogP contribution in [0.15, 0.2) is 97.2 Å². The molecule has 54 heavy (non-hydrogen) atoms. The minimum Gasteiger partial charge on any atom is -0.449 e. The minimum absolute atomic E-state index is 0.0740. The zero-order valence-corrected chi connectivity index (χ0v) is 32.4. The van der Waals surface area contributed by atoms with E-state index in [4.69, 9.17) is 32.9 Å². The summed E-state index contributed by atoms with van der Waals surface area (Å²) < 4.78 is 33.5. The first-order valence-electron chi connectivity index (χ1n) is 17.5. The van der Waals surface area contributed by atoms with Gasteiger partial charge in [-0.2, -0.15) is 8.42 Å². The number of imidazole rings is 1. The number of H-pyrrole nitrogens is 1. The number of carbonyl (C=O) groups is 2. The van der Waals surface area contributed by atoms with Crippen molar-refractivity contribution in [1.29, 1.82) is 0 Å². The van der Waals surface area contributed by atoms with Crippen molar-refractivity contribution in [2.24, 2.45) is 5.41 Å². The third kappa shape index (κ3) is 8.20. The van der Waals surface area contributed by atoms with E-state index in [0.717, 1.165) is 56.6 Å². The van der Waals surface area contributed by atoms with Gasteiger partial charge in [-0.05, 0) is 70.1 Å². The molecule has 7 rings (SSSR count). The first kappa shape index (κ1) is 37.3. The molecule has 1 atom stereocenters. The van der Waals surface area contributed by atoms with Crippen LogP contribution in [0.4, 0.5) is 16.2 Å². The number of halogens is 2. The third-order valence-electron chi connectivity index (χ3n) is 9.40. The number of anilines is 2. The Morgan fingerprint density at radius 2 is 1.44 bits per heavy atom. The smallest absolute Gasteiger partial charge is 0.409 e. The van der Waals surface area contributed by atoms with E-state index in [2.05, 4.69) is 58.4 Å². The van der Waals surface area contributed by atoms with Gasteiger partial charge < -0.3 is 19.5 Å². The highest BCUT2D eigenvalue weighted by molar-refractivity contribution is 7.92. The topological polar surface area (TPSA) is 128 Å². The molecule has 0 saturated carbocycles. The maximum absolute atomic E-state index is 12.5. The van der Waals surface area contributed by atoms with Crippen molar-refractivity contribution in [2.75, 3.05) is 48.5 Å². The van der Waals surface area contributed by atoms with Gasteiger partial charge in [0, 0.05) is 42.5 Å². The summed E-state index contributed by atoms with van der Waals surface area (Å²) in [6.07, 6.45) is 1.47. The molecule has 0 spiro atoms. The van der Waals surface area contributed by atoms with Crippen molar-refractivity contribution < 1.29 is 22.7 Å². The zero-order chi connectivity index (χ0) is 38.2. The van der Waals surface area contributed by atoms with E-state index in [1.807, 2.05) is 43.7 Å². The molecule has 4 aromatic carbocycles. The Balaban J connectivity index is 1.11. The molecule has 14 heteroatoms. The Labute approximate surface area is 325 Å². The Kier molecular flexibility index (Phi) is 10.4. The molecule has 11 nitrogen and oxygen atoms in total. The van der Waals surface area contributed by atoms with Gasteiger partial charge in [0.05, 0.1) is 35.1 Å². The lowest BCUT2D eigenvalue weighted by Gasteiger charge is -2.36. The van der Waals surface area contributed by atoms with Gasteiger partial charge in [-0.3, -0.25) is 4.79 Å². The summed E-state index contributed by atoms with van der Waals surface area (Å²) in [5.41, 5.74) is 6.78. The van der Waals surface area contributed by atoms with Crippen molar-refractivity contribution in [3.63, 3.8) is 0 Å². The molecule has 2 N–H and O–H groups in total. The number of benzene rings is 4. The van der Waals surface area contributed by atoms with Crippen molar-refractivity contribution in [2.45, 2.75) is 26.7 Å². The molecule has 2 aliphatic heterocycles. The van der Waals surface area contributed by atoms with Crippen molar-refractivity contribution in [1.82, 2.24) is 19.6 Å². The number of rotatable bonds is 8. The Morgan fingerprint density at radius 1 is 0.852 bits per heavy atom. The SMILES string of the molecule is CC(C)(C)COC(=O)N1CCN(c2ccc(-c3ccc(C(c4ccc(N5CC(=O)NS5(=O)=O)cc4)c4ncc(-c5ccc(Cl)cc5Cl)[nH]4)cc3)cc2)CC1. The molecule has 280 valence electrons. The highest BCUT2D eigenvalue weighted by Gasteiger charge is 2.34. The summed E-state index contributed by atoms with van der Waals surface area (Å²) in [5.74, 6) is -0.270. The van der Waals surface area contributed by atoms with Crippen LogP contribution in [-0.2, 0) is 19.7 Å². The summed E-state index contributed by atoms with van der Waals surface area (Å²) in [6.45, 7) is 8.91. The fourth-order valence-corrected chi connectivity index (χ4v) is 8.25. The van der Waals surface area contributed by atoms with Crippen LogP contribution in [0.1, 0.15) is 43.6 Å². The molecule has 1 aromatic heterocycles. The van der Waals surface area contributed by atoms with Crippen LogP contribution in [0.2, 0.25) is 10.0 Å². The lowest BCUT2D eigenvalue weighted by atomic mass is 9.89. The van der Waals surface area contributed by atoms with Crippen LogP contribution in [0, 0.1) is 5.41 Å². The fraction of sp³-hybridized carbons (Fsp3) is 0.275. The van der Waals surface area contributed by atoms with E-state index in [-0.39, 0.29) is 24.0 Å². The van der Waals surface area contributed by atoms with Crippen molar-refractivity contribution in [3.05, 3.63) is 124 Å². The van der Waals surface area contributed by atoms with E-state index in [1.54, 1.807) is 35.4 Å². The van der Waals surface area contributed by atoms with E-state index < -0.39 is 16.1 Å². The van der Waals surface area contributed by atoms with Crippen LogP contribution >= 0.6 is 23.2 Å². The third-order valence-corrected chi connectivity index (χ3v) is 11.4. The fourth-order valence-electron chi connectivity index (χ4n) is 6.60. The minimum atomic E-state index is -3.94. The van der Waals surface area contributed by atoms with E-state index in [1.165, 1.54) is 0 Å². The average molecular weight is 788 g/mol. The van der Waals surface area contributed by atoms with Crippen molar-refractivity contribution in [3.8, 4) is 22.4 Å². The average Bonchev–Trinajstić information content (AvgIpc) is 3.73. The number of nitrogens with zero attached hydrogens (tertiary/aromatic N) is 4. The number of nitrogens with one attached hydrogen (secondary N) is 2. The summed E-state index contributed by atoms with van der Waals surface area (Å²) >= 11 is 12.7. The van der Waals surface area contributed by atoms with Gasteiger partial charge in [0.25, 0.3) is 5.91 Å². The molecule has 2 aliphatic rings. The molecular weight excluding hydrogens is 747 g/mol. The molecular formula is C40H40Cl2N6O5S. The summed E-state index contributed by atoms with van der Waals surface area (Å²) in [7, 11) is -3.94. The van der Waals surface area contributed by atoms with E-state index >= 15 is 0 Å². The number of carbonyl (C=O) groups excluding carboxylic acids is 2. The summed E-state index contributed by atoms with van der Waals surface area (Å²) in [5, 5.41) is 1.02. The van der Waals surface area contributed by atoms with Gasteiger partial charge in [0.15, 0.2) is 0 Å². The maximum atomic E-state index is 12.5. The largest absolute Gasteiger partial charge is 0.449 e. The van der Waals surface area contributed by atoms with Crippen LogP contribution in [0.5, 0.6) is 0 Å². The molecule has 2 fully saturated rings. The number of hydrogen-bond donors (Lipinski definition) is 2. The molecule has 2 saturated heterocycles. The van der Waals surface area contributed by atoms with Gasteiger partial charge in [0.1, 0.15) is 12.4 Å². The van der Waals surface area contributed by atoms with Crippen LogP contribution < -0.4 is 13.9 Å². The van der Waals surface area contributed by atoms with Gasteiger partial charge in [-0.1, -0.05) is 92.5 Å². The predicted molar refractivity (Wildman–Crippen MR) is 212 cm³/mol. The summed E-state index contributed by atoms with van der Waals surface area (Å²) in [6, 6.07) is 29.0. The number of aromatic nitrogens is 2. The quantitative estimate of drug-likeness (QED) is 0.165. The molecule has 0 bridgehead atoms. The standard InChI is InChI=1S/C40H40Cl2N6O5S/c1-40(2,3)25-53-39(50)47-20-18-46(19-21-47)31-13-8-27(9-14-31)26-4-6-28(7-5-26)37(38-43-23-35(44-38)33-17-12-30(41)22-34(33)42)29-10-15-32(16-11-29)48-24-36(49)45-54(48,51)52/h4-17,22-23,37H,18-21,24-25H2,1-3H3,(H,43,44)(H,45,49). The molecule has 0 radical (unpaired) electrons. The predicted octanol–water partition coefficient (Wildman–Crippen LogP) is 7.72. The normalized spacial score (nSPS) is 16.3. The lowest BCUT2D eigenvalue weighted by Crippen LogP contribution is -2.49. The number of aromatic amines is 1. The van der Waals surface area contributed by atoms with Gasteiger partial charge in [0.2, 0.25) is 0 Å². The van der Waals surface area contributed by atoms with Crippen LogP contribution in [0.3, 0.4) is 0 Å². The number of amides is 2. The monoisotopic (exact) mass is 786 g/mol. The summed E-state index contributed by atoms with van der Waals surface area (Å²) in [4.78, 5) is 36.7. The number of ether oxygens (including phenoxy) is 1. The van der Waals surface area contributed by atoms with Crippen LogP contribution in [0.25, 0.3) is 22.4 Å². The molecule has 5 aromatic rings. The number of piperazine rings is 1. The van der Waals surface area contributed by atoms with Gasteiger partial charge in [-0.15, -0.1) is 0 Å². The second-order valence-corrected chi connectivity index (χ2v) is 17.1. The Morgan fingerprint density at radius 3 is 2.02 bits per heavy atom. The highest BCUT2D eigenvalue weighted by atomic mass is 35.5. The molecule has 3 heterocycles.